The lowest BCUT2D eigenvalue weighted by atomic mass is 9.90. The van der Waals surface area contributed by atoms with Crippen LogP contribution < -0.4 is 0 Å². The summed E-state index contributed by atoms with van der Waals surface area (Å²) in [7, 11) is 0. The van der Waals surface area contributed by atoms with Crippen molar-refractivity contribution in [3.63, 3.8) is 0 Å². The van der Waals surface area contributed by atoms with E-state index >= 15 is 0 Å². The van der Waals surface area contributed by atoms with E-state index in [0.29, 0.717) is 5.82 Å². The first-order valence-electron chi connectivity index (χ1n) is 7.09. The summed E-state index contributed by atoms with van der Waals surface area (Å²) < 4.78 is 1.75. The third-order valence-corrected chi connectivity index (χ3v) is 4.02. The van der Waals surface area contributed by atoms with Crippen molar-refractivity contribution in [2.24, 2.45) is 0 Å². The molecule has 1 N–H and O–H groups in total. The largest absolute Gasteiger partial charge is 0.478 e. The van der Waals surface area contributed by atoms with Crippen LogP contribution in [0.1, 0.15) is 21.6 Å². The van der Waals surface area contributed by atoms with Crippen molar-refractivity contribution >= 4 is 5.97 Å². The fraction of sp³-hybridized carbons (Fsp3) is 0.118. The molecule has 0 amide bonds. The molecule has 1 aliphatic carbocycles. The van der Waals surface area contributed by atoms with Crippen molar-refractivity contribution in [2.75, 3.05) is 0 Å². The molecular weight excluding hydrogens is 278 g/mol. The molecule has 0 radical (unpaired) electrons. The Bertz CT molecular complexity index is 883. The number of aromatic nitrogens is 3. The first-order chi connectivity index (χ1) is 10.7. The van der Waals surface area contributed by atoms with Gasteiger partial charge in [-0.3, -0.25) is 0 Å². The summed E-state index contributed by atoms with van der Waals surface area (Å²) in [6.45, 7) is 0. The van der Waals surface area contributed by atoms with Gasteiger partial charge in [0.05, 0.1) is 17.5 Å². The highest BCUT2D eigenvalue weighted by Crippen LogP contribution is 2.33. The van der Waals surface area contributed by atoms with Crippen molar-refractivity contribution in [3.05, 3.63) is 65.6 Å². The lowest BCUT2D eigenvalue weighted by Gasteiger charge is -2.17. The normalized spacial score (nSPS) is 12.5. The van der Waals surface area contributed by atoms with Gasteiger partial charge in [-0.05, 0) is 36.1 Å². The minimum Gasteiger partial charge on any atom is -0.478 e. The Kier molecular flexibility index (Phi) is 2.79. The molecule has 0 atom stereocenters. The fourth-order valence-electron chi connectivity index (χ4n) is 2.96. The summed E-state index contributed by atoms with van der Waals surface area (Å²) in [4.78, 5) is 15.4. The Labute approximate surface area is 126 Å². The number of pyridine rings is 1. The molecule has 108 valence electrons. The number of fused-ring (bicyclic) bond motifs is 3. The molecule has 1 aliphatic rings. The lowest BCUT2D eigenvalue weighted by Crippen LogP contribution is -2.10. The number of rotatable bonds is 2. The summed E-state index contributed by atoms with van der Waals surface area (Å²) in [6, 6.07) is 11.3. The van der Waals surface area contributed by atoms with E-state index in [1.54, 1.807) is 10.7 Å². The van der Waals surface area contributed by atoms with Gasteiger partial charge in [-0.1, -0.05) is 24.3 Å². The Morgan fingerprint density at radius 2 is 2.00 bits per heavy atom. The van der Waals surface area contributed by atoms with Crippen molar-refractivity contribution in [3.8, 4) is 16.9 Å². The third-order valence-electron chi connectivity index (χ3n) is 4.02. The van der Waals surface area contributed by atoms with E-state index in [1.165, 1.54) is 23.4 Å². The number of aryl methyl sites for hydroxylation is 1. The molecule has 3 aromatic rings. The highest BCUT2D eigenvalue weighted by atomic mass is 16.4. The maximum Gasteiger partial charge on any atom is 0.335 e. The van der Waals surface area contributed by atoms with Crippen LogP contribution in [0, 0.1) is 0 Å². The van der Waals surface area contributed by atoms with E-state index in [1.807, 2.05) is 18.3 Å². The molecule has 2 heterocycles. The standard InChI is InChI=1S/C17H13N3O2/c21-17(22)12-7-8-18-16(9-12)20-15-6-5-11-3-1-2-4-13(11)14(15)10-19-20/h1-4,7-10H,5-6H2,(H,21,22). The molecule has 4 rings (SSSR count). The van der Waals surface area contributed by atoms with Crippen LogP contribution in [0.2, 0.25) is 0 Å². The van der Waals surface area contributed by atoms with Gasteiger partial charge >= 0.3 is 5.97 Å². The van der Waals surface area contributed by atoms with Crippen LogP contribution in [0.15, 0.2) is 48.8 Å². The average Bonchev–Trinajstić information content (AvgIpc) is 2.99. The molecule has 0 unspecified atom stereocenters. The zero-order valence-electron chi connectivity index (χ0n) is 11.7. The van der Waals surface area contributed by atoms with Gasteiger partial charge in [0.2, 0.25) is 0 Å². The van der Waals surface area contributed by atoms with Crippen molar-refractivity contribution in [1.82, 2.24) is 14.8 Å². The number of carboxylic acids is 1. The zero-order chi connectivity index (χ0) is 15.1. The number of carboxylic acid groups (broad SMARTS) is 1. The van der Waals surface area contributed by atoms with Crippen LogP contribution in [0.25, 0.3) is 16.9 Å². The predicted molar refractivity (Wildman–Crippen MR) is 81.2 cm³/mol. The molecule has 0 bridgehead atoms. The third kappa shape index (κ3) is 1.90. The summed E-state index contributed by atoms with van der Waals surface area (Å²) in [5.41, 5.74) is 4.91. The first-order valence-corrected chi connectivity index (χ1v) is 7.09. The molecule has 0 saturated heterocycles. The molecule has 0 fully saturated rings. The van der Waals surface area contributed by atoms with Gasteiger partial charge in [0.1, 0.15) is 0 Å². The monoisotopic (exact) mass is 291 g/mol. The second-order valence-electron chi connectivity index (χ2n) is 5.28. The van der Waals surface area contributed by atoms with Crippen molar-refractivity contribution in [1.29, 1.82) is 0 Å². The van der Waals surface area contributed by atoms with Crippen molar-refractivity contribution < 1.29 is 9.90 Å². The number of hydrogen-bond acceptors (Lipinski definition) is 3. The van der Waals surface area contributed by atoms with Gasteiger partial charge in [0.15, 0.2) is 5.82 Å². The Hall–Kier alpha value is -2.95. The van der Waals surface area contributed by atoms with Crippen LogP contribution in [-0.2, 0) is 12.8 Å². The Morgan fingerprint density at radius 3 is 2.86 bits per heavy atom. The van der Waals surface area contributed by atoms with Crippen LogP contribution in [-0.4, -0.2) is 25.8 Å². The van der Waals surface area contributed by atoms with Crippen LogP contribution in [0.5, 0.6) is 0 Å². The molecule has 0 saturated carbocycles. The maximum atomic E-state index is 11.1. The van der Waals surface area contributed by atoms with Gasteiger partial charge in [0.25, 0.3) is 0 Å². The van der Waals surface area contributed by atoms with E-state index in [0.717, 1.165) is 24.1 Å². The second-order valence-corrected chi connectivity index (χ2v) is 5.28. The maximum absolute atomic E-state index is 11.1. The Balaban J connectivity index is 1.86. The minimum atomic E-state index is -0.963. The fourth-order valence-corrected chi connectivity index (χ4v) is 2.96. The van der Waals surface area contributed by atoms with Crippen molar-refractivity contribution in [2.45, 2.75) is 12.8 Å². The first kappa shape index (κ1) is 12.8. The van der Waals surface area contributed by atoms with Crippen LogP contribution in [0.3, 0.4) is 0 Å². The molecule has 1 aromatic carbocycles. The number of aromatic carboxylic acids is 1. The van der Waals surface area contributed by atoms with E-state index < -0.39 is 5.97 Å². The van der Waals surface area contributed by atoms with E-state index in [2.05, 4.69) is 22.2 Å². The molecular formula is C17H13N3O2. The zero-order valence-corrected chi connectivity index (χ0v) is 11.7. The van der Waals surface area contributed by atoms with Gasteiger partial charge < -0.3 is 5.11 Å². The molecule has 2 aromatic heterocycles. The van der Waals surface area contributed by atoms with E-state index in [-0.39, 0.29) is 5.56 Å². The number of nitrogens with zero attached hydrogens (tertiary/aromatic N) is 3. The van der Waals surface area contributed by atoms with Crippen LogP contribution in [0.4, 0.5) is 0 Å². The van der Waals surface area contributed by atoms with Gasteiger partial charge in [-0.25, -0.2) is 14.5 Å². The van der Waals surface area contributed by atoms with Gasteiger partial charge in [-0.15, -0.1) is 0 Å². The average molecular weight is 291 g/mol. The quantitative estimate of drug-likeness (QED) is 0.788. The lowest BCUT2D eigenvalue weighted by molar-refractivity contribution is 0.0696. The highest BCUT2D eigenvalue weighted by molar-refractivity contribution is 5.88. The van der Waals surface area contributed by atoms with E-state index in [4.69, 9.17) is 5.11 Å². The number of hydrogen-bond donors (Lipinski definition) is 1. The highest BCUT2D eigenvalue weighted by Gasteiger charge is 2.21. The number of benzene rings is 1. The summed E-state index contributed by atoms with van der Waals surface area (Å²) in [5.74, 6) is -0.421. The predicted octanol–water partition coefficient (Wildman–Crippen LogP) is 2.73. The summed E-state index contributed by atoms with van der Waals surface area (Å²) in [5, 5.41) is 13.5. The topological polar surface area (TPSA) is 68.0 Å². The minimum absolute atomic E-state index is 0.213. The Morgan fingerprint density at radius 1 is 1.14 bits per heavy atom. The molecule has 0 aliphatic heterocycles. The van der Waals surface area contributed by atoms with Gasteiger partial charge in [-0.2, -0.15) is 5.10 Å². The smallest absolute Gasteiger partial charge is 0.335 e. The summed E-state index contributed by atoms with van der Waals surface area (Å²) >= 11 is 0. The SMILES string of the molecule is O=C(O)c1ccnc(-n2ncc3c2CCc2ccccc2-3)c1. The van der Waals surface area contributed by atoms with Crippen LogP contribution >= 0.6 is 0 Å². The summed E-state index contributed by atoms with van der Waals surface area (Å²) in [6.07, 6.45) is 5.16. The molecule has 0 spiro atoms. The molecule has 5 nitrogen and oxygen atoms in total. The number of carbonyl (C=O) groups is 1. The molecule has 22 heavy (non-hydrogen) atoms. The van der Waals surface area contributed by atoms with Gasteiger partial charge in [0, 0.05) is 11.8 Å². The second kappa shape index (κ2) is 4.80. The molecule has 5 heteroatoms. The van der Waals surface area contributed by atoms with E-state index in [9.17, 15) is 4.79 Å².